The summed E-state index contributed by atoms with van der Waals surface area (Å²) in [5.41, 5.74) is 0.968. The molecule has 0 saturated heterocycles. The summed E-state index contributed by atoms with van der Waals surface area (Å²) in [7, 11) is 0. The number of aromatic carboxylic acids is 1. The maximum atomic E-state index is 10.8. The van der Waals surface area contributed by atoms with Gasteiger partial charge < -0.3 is 15.2 Å². The minimum absolute atomic E-state index is 0.213. The molecule has 0 fully saturated rings. The fraction of sp³-hybridized carbons (Fsp3) is 0.222. The van der Waals surface area contributed by atoms with E-state index >= 15 is 0 Å². The second-order valence-electron chi connectivity index (χ2n) is 2.76. The van der Waals surface area contributed by atoms with Crippen molar-refractivity contribution in [1.29, 1.82) is 0 Å². The minimum atomic E-state index is -0.958. The highest BCUT2D eigenvalue weighted by atomic mass is 16.5. The predicted molar refractivity (Wildman–Crippen MR) is 47.4 cm³/mol. The summed E-state index contributed by atoms with van der Waals surface area (Å²) in [5, 5.41) is 11.9. The molecular formula is C9H9NO3. The first-order chi connectivity index (χ1) is 6.29. The Morgan fingerprint density at radius 3 is 3.15 bits per heavy atom. The number of nitrogens with one attached hydrogen (secondary N) is 1. The van der Waals surface area contributed by atoms with Crippen molar-refractivity contribution in [3.8, 4) is 5.75 Å². The van der Waals surface area contributed by atoms with Crippen molar-refractivity contribution in [3.63, 3.8) is 0 Å². The number of carboxylic acid groups (broad SMARTS) is 1. The van der Waals surface area contributed by atoms with Crippen LogP contribution in [0.4, 0.5) is 5.69 Å². The van der Waals surface area contributed by atoms with Crippen LogP contribution in [0.15, 0.2) is 18.2 Å². The minimum Gasteiger partial charge on any atom is -0.489 e. The highest BCUT2D eigenvalue weighted by molar-refractivity contribution is 5.93. The lowest BCUT2D eigenvalue weighted by Gasteiger charge is -2.20. The molecular weight excluding hydrogens is 170 g/mol. The fourth-order valence-electron chi connectivity index (χ4n) is 1.34. The maximum absolute atomic E-state index is 10.8. The average Bonchev–Trinajstić information content (AvgIpc) is 2.17. The van der Waals surface area contributed by atoms with Gasteiger partial charge in [0.2, 0.25) is 0 Å². The Kier molecular flexibility index (Phi) is 1.81. The summed E-state index contributed by atoms with van der Waals surface area (Å²) in [5.74, 6) is -0.512. The van der Waals surface area contributed by atoms with E-state index < -0.39 is 5.97 Å². The van der Waals surface area contributed by atoms with Gasteiger partial charge in [0, 0.05) is 6.54 Å². The van der Waals surface area contributed by atoms with Gasteiger partial charge in [-0.05, 0) is 12.1 Å². The molecule has 13 heavy (non-hydrogen) atoms. The van der Waals surface area contributed by atoms with E-state index in [9.17, 15) is 4.79 Å². The van der Waals surface area contributed by atoms with E-state index in [-0.39, 0.29) is 5.56 Å². The van der Waals surface area contributed by atoms with Gasteiger partial charge >= 0.3 is 5.97 Å². The number of carbonyl (C=O) groups is 1. The number of anilines is 1. The topological polar surface area (TPSA) is 58.6 Å². The quantitative estimate of drug-likeness (QED) is 0.679. The van der Waals surface area contributed by atoms with E-state index in [4.69, 9.17) is 9.84 Å². The van der Waals surface area contributed by atoms with Crippen LogP contribution >= 0.6 is 0 Å². The van der Waals surface area contributed by atoms with Gasteiger partial charge in [0.15, 0.2) is 5.75 Å². The monoisotopic (exact) mass is 179 g/mol. The first kappa shape index (κ1) is 7.91. The summed E-state index contributed by atoms with van der Waals surface area (Å²) in [6, 6.07) is 5.04. The molecule has 0 bridgehead atoms. The van der Waals surface area contributed by atoms with E-state index in [0.29, 0.717) is 12.4 Å². The molecule has 1 aliphatic heterocycles. The van der Waals surface area contributed by atoms with Crippen molar-refractivity contribution in [2.75, 3.05) is 18.5 Å². The first-order valence-corrected chi connectivity index (χ1v) is 4.02. The van der Waals surface area contributed by atoms with E-state index in [0.717, 1.165) is 12.2 Å². The second-order valence-corrected chi connectivity index (χ2v) is 2.76. The first-order valence-electron chi connectivity index (χ1n) is 4.02. The Morgan fingerprint density at radius 1 is 1.54 bits per heavy atom. The predicted octanol–water partition coefficient (Wildman–Crippen LogP) is 1.19. The molecule has 0 aromatic heterocycles. The van der Waals surface area contributed by atoms with Gasteiger partial charge in [-0.3, -0.25) is 0 Å². The molecule has 1 aromatic rings. The van der Waals surface area contributed by atoms with Crippen LogP contribution in [0.3, 0.4) is 0 Å². The van der Waals surface area contributed by atoms with Crippen molar-refractivity contribution in [1.82, 2.24) is 0 Å². The highest BCUT2D eigenvalue weighted by Gasteiger charge is 2.17. The fourth-order valence-corrected chi connectivity index (χ4v) is 1.34. The van der Waals surface area contributed by atoms with Crippen molar-refractivity contribution in [2.45, 2.75) is 0 Å². The standard InChI is InChI=1S/C9H9NO3/c11-9(12)6-2-1-3-7-8(6)13-5-4-10-7/h1-3,10H,4-5H2,(H,11,12). The molecule has 1 heterocycles. The van der Waals surface area contributed by atoms with Crippen LogP contribution in [-0.2, 0) is 0 Å². The zero-order valence-electron chi connectivity index (χ0n) is 6.91. The van der Waals surface area contributed by atoms with Gasteiger partial charge in [0.05, 0.1) is 5.69 Å². The summed E-state index contributed by atoms with van der Waals surface area (Å²) in [6.07, 6.45) is 0. The van der Waals surface area contributed by atoms with E-state index in [1.54, 1.807) is 12.1 Å². The molecule has 0 radical (unpaired) electrons. The van der Waals surface area contributed by atoms with Crippen molar-refractivity contribution in [2.24, 2.45) is 0 Å². The summed E-state index contributed by atoms with van der Waals surface area (Å²) >= 11 is 0. The third-order valence-electron chi connectivity index (χ3n) is 1.91. The van der Waals surface area contributed by atoms with Gasteiger partial charge in [-0.15, -0.1) is 0 Å². The number of hydrogen-bond acceptors (Lipinski definition) is 3. The molecule has 0 atom stereocenters. The largest absolute Gasteiger partial charge is 0.489 e. The molecule has 0 aliphatic carbocycles. The second kappa shape index (κ2) is 2.97. The highest BCUT2D eigenvalue weighted by Crippen LogP contribution is 2.30. The molecule has 0 unspecified atom stereocenters. The molecule has 4 nitrogen and oxygen atoms in total. The molecule has 2 N–H and O–H groups in total. The molecule has 2 rings (SSSR count). The van der Waals surface area contributed by atoms with Crippen LogP contribution in [0.25, 0.3) is 0 Å². The van der Waals surface area contributed by atoms with E-state index in [1.807, 2.05) is 0 Å². The van der Waals surface area contributed by atoms with Gasteiger partial charge in [0.25, 0.3) is 0 Å². The van der Waals surface area contributed by atoms with Crippen LogP contribution in [-0.4, -0.2) is 24.2 Å². The molecule has 4 heteroatoms. The number of carboxylic acids is 1. The Hall–Kier alpha value is -1.71. The van der Waals surface area contributed by atoms with Crippen molar-refractivity contribution in [3.05, 3.63) is 23.8 Å². The van der Waals surface area contributed by atoms with Gasteiger partial charge in [-0.1, -0.05) is 6.07 Å². The van der Waals surface area contributed by atoms with Crippen LogP contribution < -0.4 is 10.1 Å². The van der Waals surface area contributed by atoms with Crippen LogP contribution in [0.5, 0.6) is 5.75 Å². The van der Waals surface area contributed by atoms with E-state index in [1.165, 1.54) is 6.07 Å². The zero-order chi connectivity index (χ0) is 9.26. The lowest BCUT2D eigenvalue weighted by Crippen LogP contribution is -2.19. The van der Waals surface area contributed by atoms with Crippen LogP contribution in [0.2, 0.25) is 0 Å². The molecule has 68 valence electrons. The Morgan fingerprint density at radius 2 is 2.38 bits per heavy atom. The van der Waals surface area contributed by atoms with Crippen molar-refractivity contribution >= 4 is 11.7 Å². The third-order valence-corrected chi connectivity index (χ3v) is 1.91. The van der Waals surface area contributed by atoms with Crippen LogP contribution in [0, 0.1) is 0 Å². The number of rotatable bonds is 1. The van der Waals surface area contributed by atoms with E-state index in [2.05, 4.69) is 5.32 Å². The number of hydrogen-bond donors (Lipinski definition) is 2. The van der Waals surface area contributed by atoms with Gasteiger partial charge in [0.1, 0.15) is 12.2 Å². The van der Waals surface area contributed by atoms with Crippen molar-refractivity contribution < 1.29 is 14.6 Å². The number of fused-ring (bicyclic) bond motifs is 1. The average molecular weight is 179 g/mol. The molecule has 0 amide bonds. The summed E-state index contributed by atoms with van der Waals surface area (Å²) in [6.45, 7) is 1.23. The molecule has 0 spiro atoms. The smallest absolute Gasteiger partial charge is 0.339 e. The lowest BCUT2D eigenvalue weighted by atomic mass is 10.1. The molecule has 0 saturated carbocycles. The summed E-state index contributed by atoms with van der Waals surface area (Å²) < 4.78 is 5.27. The number of ether oxygens (including phenoxy) is 1. The third kappa shape index (κ3) is 1.30. The number of para-hydroxylation sites is 1. The Bertz CT molecular complexity index is 349. The zero-order valence-corrected chi connectivity index (χ0v) is 6.91. The van der Waals surface area contributed by atoms with Crippen LogP contribution in [0.1, 0.15) is 10.4 Å². The lowest BCUT2D eigenvalue weighted by molar-refractivity contribution is 0.0692. The Labute approximate surface area is 75.1 Å². The molecule has 1 aromatic carbocycles. The van der Waals surface area contributed by atoms with Gasteiger partial charge in [-0.2, -0.15) is 0 Å². The maximum Gasteiger partial charge on any atom is 0.339 e. The Balaban J connectivity index is 2.52. The normalized spacial score (nSPS) is 13.8. The summed E-state index contributed by atoms with van der Waals surface area (Å²) in [4.78, 5) is 10.8. The SMILES string of the molecule is O=C(O)c1cccc2c1OCCN2. The van der Waals surface area contributed by atoms with Gasteiger partial charge in [-0.25, -0.2) is 4.79 Å². The number of benzene rings is 1. The molecule has 1 aliphatic rings.